The van der Waals surface area contributed by atoms with Gasteiger partial charge in [-0.3, -0.25) is 4.68 Å². The van der Waals surface area contributed by atoms with E-state index in [0.29, 0.717) is 0 Å². The highest BCUT2D eigenvalue weighted by Gasteiger charge is 2.18. The van der Waals surface area contributed by atoms with Crippen molar-refractivity contribution in [3.8, 4) is 0 Å². The van der Waals surface area contributed by atoms with Gasteiger partial charge in [-0.05, 0) is 33.7 Å². The first-order chi connectivity index (χ1) is 7.97. The van der Waals surface area contributed by atoms with Crippen molar-refractivity contribution in [3.63, 3.8) is 0 Å². The van der Waals surface area contributed by atoms with Crippen LogP contribution in [0.5, 0.6) is 0 Å². The summed E-state index contributed by atoms with van der Waals surface area (Å²) in [5.41, 5.74) is 2.71. The van der Waals surface area contributed by atoms with Crippen molar-refractivity contribution in [2.24, 2.45) is 0 Å². The highest BCUT2D eigenvalue weighted by molar-refractivity contribution is 5.27. The van der Waals surface area contributed by atoms with E-state index in [-0.39, 0.29) is 12.6 Å². The Balaban J connectivity index is 2.88. The Labute approximate surface area is 101 Å². The Morgan fingerprint density at radius 3 is 2.53 bits per heavy atom. The maximum Gasteiger partial charge on any atom is 0.257 e. The van der Waals surface area contributed by atoms with Gasteiger partial charge in [0.15, 0.2) is 0 Å². The van der Waals surface area contributed by atoms with Crippen molar-refractivity contribution in [2.75, 3.05) is 6.54 Å². The molecule has 1 unspecified atom stereocenters. The van der Waals surface area contributed by atoms with Crippen molar-refractivity contribution >= 4 is 0 Å². The van der Waals surface area contributed by atoms with Crippen LogP contribution in [0.3, 0.4) is 0 Å². The van der Waals surface area contributed by atoms with Gasteiger partial charge in [0.2, 0.25) is 0 Å². The van der Waals surface area contributed by atoms with Gasteiger partial charge in [-0.25, -0.2) is 8.78 Å². The normalized spacial score (nSPS) is 13.4. The molecule has 98 valence electrons. The van der Waals surface area contributed by atoms with Gasteiger partial charge in [0.05, 0.1) is 5.69 Å². The highest BCUT2D eigenvalue weighted by atomic mass is 19.3. The number of alkyl halides is 2. The van der Waals surface area contributed by atoms with Crippen molar-refractivity contribution in [1.82, 2.24) is 15.1 Å². The average molecular weight is 245 g/mol. The SMILES string of the molecule is CCCNC(C)c1c(C)nn(CC(F)F)c1C. The fourth-order valence-electron chi connectivity index (χ4n) is 2.11. The smallest absolute Gasteiger partial charge is 0.257 e. The molecular weight excluding hydrogens is 224 g/mol. The molecular formula is C12H21F2N3. The van der Waals surface area contributed by atoms with E-state index in [4.69, 9.17) is 0 Å². The third-order valence-corrected chi connectivity index (χ3v) is 2.88. The summed E-state index contributed by atoms with van der Waals surface area (Å²) in [5.74, 6) is 0. The monoisotopic (exact) mass is 245 g/mol. The van der Waals surface area contributed by atoms with Gasteiger partial charge in [-0.15, -0.1) is 0 Å². The lowest BCUT2D eigenvalue weighted by Crippen LogP contribution is -2.20. The number of rotatable bonds is 6. The van der Waals surface area contributed by atoms with E-state index in [1.165, 1.54) is 4.68 Å². The van der Waals surface area contributed by atoms with Gasteiger partial charge in [0.1, 0.15) is 6.54 Å². The molecule has 0 amide bonds. The van der Waals surface area contributed by atoms with Crippen LogP contribution in [-0.4, -0.2) is 22.8 Å². The second-order valence-electron chi connectivity index (χ2n) is 4.33. The molecule has 0 aliphatic rings. The first-order valence-electron chi connectivity index (χ1n) is 6.02. The minimum absolute atomic E-state index is 0.154. The summed E-state index contributed by atoms with van der Waals surface area (Å²) in [4.78, 5) is 0. The number of nitrogens with one attached hydrogen (secondary N) is 1. The van der Waals surface area contributed by atoms with Gasteiger partial charge in [0.25, 0.3) is 6.43 Å². The fourth-order valence-corrected chi connectivity index (χ4v) is 2.11. The highest BCUT2D eigenvalue weighted by Crippen LogP contribution is 2.21. The molecule has 1 heterocycles. The first kappa shape index (κ1) is 14.1. The molecule has 0 aliphatic carbocycles. The maximum absolute atomic E-state index is 12.4. The molecule has 1 rings (SSSR count). The zero-order valence-electron chi connectivity index (χ0n) is 10.9. The van der Waals surface area contributed by atoms with E-state index < -0.39 is 6.43 Å². The van der Waals surface area contributed by atoms with Crippen molar-refractivity contribution in [3.05, 3.63) is 17.0 Å². The summed E-state index contributed by atoms with van der Waals surface area (Å²) in [6.45, 7) is 8.45. The van der Waals surface area contributed by atoms with E-state index in [2.05, 4.69) is 17.3 Å². The van der Waals surface area contributed by atoms with Gasteiger partial charge < -0.3 is 5.32 Å². The van der Waals surface area contributed by atoms with Crippen LogP contribution >= 0.6 is 0 Å². The van der Waals surface area contributed by atoms with Gasteiger partial charge in [0, 0.05) is 17.3 Å². The quantitative estimate of drug-likeness (QED) is 0.835. The van der Waals surface area contributed by atoms with E-state index in [1.54, 1.807) is 0 Å². The summed E-state index contributed by atoms with van der Waals surface area (Å²) >= 11 is 0. The molecule has 0 aromatic carbocycles. The lowest BCUT2D eigenvalue weighted by Gasteiger charge is -2.14. The van der Waals surface area contributed by atoms with Crippen LogP contribution in [-0.2, 0) is 6.54 Å². The average Bonchev–Trinajstić information content (AvgIpc) is 2.50. The summed E-state index contributed by atoms with van der Waals surface area (Å²) in [5, 5.41) is 7.53. The largest absolute Gasteiger partial charge is 0.310 e. The Morgan fingerprint density at radius 2 is 2.00 bits per heavy atom. The molecule has 1 aromatic rings. The third kappa shape index (κ3) is 3.49. The molecule has 1 atom stereocenters. The number of hydrogen-bond acceptors (Lipinski definition) is 2. The van der Waals surface area contributed by atoms with Crippen molar-refractivity contribution < 1.29 is 8.78 Å². The number of halogens is 2. The second kappa shape index (κ2) is 6.10. The second-order valence-corrected chi connectivity index (χ2v) is 4.33. The number of hydrogen-bond donors (Lipinski definition) is 1. The molecule has 1 aromatic heterocycles. The maximum atomic E-state index is 12.4. The van der Waals surface area contributed by atoms with E-state index >= 15 is 0 Å². The van der Waals surface area contributed by atoms with Crippen LogP contribution in [0.2, 0.25) is 0 Å². The van der Waals surface area contributed by atoms with Crippen LogP contribution < -0.4 is 5.32 Å². The van der Waals surface area contributed by atoms with E-state index in [9.17, 15) is 8.78 Å². The van der Waals surface area contributed by atoms with Gasteiger partial charge in [-0.2, -0.15) is 5.10 Å². The summed E-state index contributed by atoms with van der Waals surface area (Å²) in [6.07, 6.45) is -1.31. The molecule has 1 N–H and O–H groups in total. The van der Waals surface area contributed by atoms with Crippen LogP contribution in [0.4, 0.5) is 8.78 Å². The van der Waals surface area contributed by atoms with Gasteiger partial charge >= 0.3 is 0 Å². The summed E-state index contributed by atoms with van der Waals surface area (Å²) < 4.78 is 26.1. The molecule has 0 aliphatic heterocycles. The Kier molecular flexibility index (Phi) is 5.05. The van der Waals surface area contributed by atoms with Crippen molar-refractivity contribution in [1.29, 1.82) is 0 Å². The van der Waals surface area contributed by atoms with Crippen LogP contribution in [0, 0.1) is 13.8 Å². The molecule has 0 radical (unpaired) electrons. The Hall–Kier alpha value is -0.970. The van der Waals surface area contributed by atoms with Crippen LogP contribution in [0.15, 0.2) is 0 Å². The third-order valence-electron chi connectivity index (χ3n) is 2.88. The number of nitrogens with zero attached hydrogens (tertiary/aromatic N) is 2. The topological polar surface area (TPSA) is 29.9 Å². The predicted octanol–water partition coefficient (Wildman–Crippen LogP) is 2.83. The Morgan fingerprint density at radius 1 is 1.35 bits per heavy atom. The molecule has 17 heavy (non-hydrogen) atoms. The summed E-state index contributed by atoms with van der Waals surface area (Å²) in [7, 11) is 0. The van der Waals surface area contributed by atoms with Crippen molar-refractivity contribution in [2.45, 2.75) is 53.1 Å². The molecule has 0 saturated carbocycles. The van der Waals surface area contributed by atoms with Gasteiger partial charge in [-0.1, -0.05) is 6.92 Å². The lowest BCUT2D eigenvalue weighted by atomic mass is 10.1. The van der Waals surface area contributed by atoms with E-state index in [1.807, 2.05) is 20.8 Å². The summed E-state index contributed by atoms with van der Waals surface area (Å²) in [6, 6.07) is 0.154. The Bertz CT molecular complexity index is 361. The predicted molar refractivity (Wildman–Crippen MR) is 64.4 cm³/mol. The fraction of sp³-hybridized carbons (Fsp3) is 0.750. The molecule has 0 bridgehead atoms. The molecule has 0 spiro atoms. The molecule has 3 nitrogen and oxygen atoms in total. The minimum atomic E-state index is -2.36. The lowest BCUT2D eigenvalue weighted by molar-refractivity contribution is 0.121. The molecule has 0 saturated heterocycles. The van der Waals surface area contributed by atoms with E-state index in [0.717, 1.165) is 29.9 Å². The number of aromatic nitrogens is 2. The standard InChI is InChI=1S/C12H21F2N3/c1-5-6-15-8(2)12-9(3)16-17(10(12)4)7-11(13)14/h8,11,15H,5-7H2,1-4H3. The zero-order chi connectivity index (χ0) is 13.0. The van der Waals surface area contributed by atoms with Crippen LogP contribution in [0.25, 0.3) is 0 Å². The minimum Gasteiger partial charge on any atom is -0.310 e. The first-order valence-corrected chi connectivity index (χ1v) is 6.02. The molecule has 5 heteroatoms. The van der Waals surface area contributed by atoms with Crippen LogP contribution in [0.1, 0.15) is 43.3 Å². The molecule has 0 fully saturated rings. The zero-order valence-corrected chi connectivity index (χ0v) is 10.9. The number of aryl methyl sites for hydroxylation is 1.